The van der Waals surface area contributed by atoms with Gasteiger partial charge in [-0.05, 0) is 6.92 Å². The molecule has 0 heterocycles. The number of carbonyl (C=O) groups excluding carboxylic acids is 2. The fraction of sp³-hybridized carbons (Fsp3) is 0.400. The molecule has 0 N–H and O–H groups in total. The highest BCUT2D eigenvalue weighted by Gasteiger charge is 2.08. The Hall–Kier alpha value is -1.62. The van der Waals surface area contributed by atoms with Crippen LogP contribution in [-0.4, -0.2) is 38.2 Å². The molecule has 15 heavy (non-hydrogen) atoms. The molecule has 0 spiro atoms. The molecule has 0 radical (unpaired) electrons. The lowest BCUT2D eigenvalue weighted by Crippen LogP contribution is -2.25. The van der Waals surface area contributed by atoms with Crippen molar-refractivity contribution in [3.63, 3.8) is 0 Å². The van der Waals surface area contributed by atoms with Crippen LogP contribution in [0.3, 0.4) is 0 Å². The standard InChI is InChI=1S/C10H15NO4/c1-8(10(13)11(2)15-4)6-5-7-9(12)14-3/h5-7H,1-4H3/b7-5+,8-6-. The molecule has 0 rings (SSSR count). The maximum absolute atomic E-state index is 11.4. The van der Waals surface area contributed by atoms with Gasteiger partial charge in [0.15, 0.2) is 0 Å². The lowest BCUT2D eigenvalue weighted by atomic mass is 10.2. The third-order valence-corrected chi connectivity index (χ3v) is 1.68. The molecule has 0 unspecified atom stereocenters. The van der Waals surface area contributed by atoms with E-state index in [-0.39, 0.29) is 5.91 Å². The molecule has 0 aliphatic carbocycles. The van der Waals surface area contributed by atoms with E-state index in [0.717, 1.165) is 5.06 Å². The Morgan fingerprint density at radius 1 is 1.27 bits per heavy atom. The summed E-state index contributed by atoms with van der Waals surface area (Å²) < 4.78 is 4.39. The predicted octanol–water partition coefficient (Wildman–Crippen LogP) is 0.682. The van der Waals surface area contributed by atoms with E-state index in [1.54, 1.807) is 6.92 Å². The molecule has 0 fully saturated rings. The number of rotatable bonds is 4. The highest BCUT2D eigenvalue weighted by atomic mass is 16.7. The summed E-state index contributed by atoms with van der Waals surface area (Å²) in [6.45, 7) is 1.62. The van der Waals surface area contributed by atoms with E-state index in [1.807, 2.05) is 0 Å². The van der Waals surface area contributed by atoms with E-state index in [4.69, 9.17) is 4.84 Å². The Morgan fingerprint density at radius 2 is 1.87 bits per heavy atom. The number of ether oxygens (including phenoxy) is 1. The number of hydrogen-bond donors (Lipinski definition) is 0. The molecule has 0 aromatic heterocycles. The van der Waals surface area contributed by atoms with E-state index in [1.165, 1.54) is 39.5 Å². The van der Waals surface area contributed by atoms with Crippen LogP contribution in [0.1, 0.15) is 6.92 Å². The summed E-state index contributed by atoms with van der Waals surface area (Å²) in [6.07, 6.45) is 4.18. The van der Waals surface area contributed by atoms with Gasteiger partial charge in [0.05, 0.1) is 14.2 Å². The number of hydroxylamine groups is 2. The topological polar surface area (TPSA) is 55.8 Å². The van der Waals surface area contributed by atoms with Crippen molar-refractivity contribution in [2.24, 2.45) is 0 Å². The molecule has 0 aromatic rings. The maximum atomic E-state index is 11.4. The Kier molecular flexibility index (Phi) is 6.05. The lowest BCUT2D eigenvalue weighted by Gasteiger charge is -2.13. The molecule has 5 heteroatoms. The van der Waals surface area contributed by atoms with Gasteiger partial charge in [-0.25, -0.2) is 9.86 Å². The minimum atomic E-state index is -0.466. The van der Waals surface area contributed by atoms with Crippen LogP contribution in [0.5, 0.6) is 0 Å². The molecule has 0 saturated carbocycles. The van der Waals surface area contributed by atoms with Gasteiger partial charge in [-0.1, -0.05) is 12.2 Å². The van der Waals surface area contributed by atoms with Gasteiger partial charge < -0.3 is 4.74 Å². The zero-order chi connectivity index (χ0) is 11.8. The van der Waals surface area contributed by atoms with Crippen molar-refractivity contribution in [3.05, 3.63) is 23.8 Å². The summed E-state index contributed by atoms with van der Waals surface area (Å²) in [5, 5.41) is 1.10. The van der Waals surface area contributed by atoms with Gasteiger partial charge in [-0.15, -0.1) is 0 Å². The molecule has 0 saturated heterocycles. The molecule has 0 aliphatic rings. The quantitative estimate of drug-likeness (QED) is 0.298. The molecule has 84 valence electrons. The first-order valence-corrected chi connectivity index (χ1v) is 4.28. The average molecular weight is 213 g/mol. The molecular formula is C10H15NO4. The number of esters is 1. The summed E-state index contributed by atoms with van der Waals surface area (Å²) in [7, 11) is 4.19. The van der Waals surface area contributed by atoms with Gasteiger partial charge >= 0.3 is 5.97 Å². The maximum Gasteiger partial charge on any atom is 0.330 e. The number of hydrogen-bond acceptors (Lipinski definition) is 4. The first-order valence-electron chi connectivity index (χ1n) is 4.28. The Morgan fingerprint density at radius 3 is 2.33 bits per heavy atom. The highest BCUT2D eigenvalue weighted by molar-refractivity contribution is 5.92. The van der Waals surface area contributed by atoms with E-state index < -0.39 is 5.97 Å². The summed E-state index contributed by atoms with van der Waals surface area (Å²) in [5.74, 6) is -0.737. The van der Waals surface area contributed by atoms with Gasteiger partial charge in [0.25, 0.3) is 5.91 Å². The lowest BCUT2D eigenvalue weighted by molar-refractivity contribution is -0.163. The zero-order valence-corrected chi connectivity index (χ0v) is 9.31. The highest BCUT2D eigenvalue weighted by Crippen LogP contribution is 1.99. The molecule has 0 bridgehead atoms. The van der Waals surface area contributed by atoms with Gasteiger partial charge in [0.1, 0.15) is 0 Å². The molecule has 0 aliphatic heterocycles. The zero-order valence-electron chi connectivity index (χ0n) is 9.31. The van der Waals surface area contributed by atoms with Crippen LogP contribution in [-0.2, 0) is 19.2 Å². The van der Waals surface area contributed by atoms with Crippen LogP contribution in [0.15, 0.2) is 23.8 Å². The monoisotopic (exact) mass is 213 g/mol. The Labute approximate surface area is 88.9 Å². The van der Waals surface area contributed by atoms with Crippen LogP contribution in [0.2, 0.25) is 0 Å². The molecule has 1 amide bonds. The molecule has 5 nitrogen and oxygen atoms in total. The summed E-state index contributed by atoms with van der Waals surface area (Å²) >= 11 is 0. The van der Waals surface area contributed by atoms with Gasteiger partial charge in [-0.2, -0.15) is 0 Å². The summed E-state index contributed by atoms with van der Waals surface area (Å²) in [5.41, 5.74) is 0.458. The number of carbonyl (C=O) groups is 2. The number of amides is 1. The normalized spacial score (nSPS) is 11.6. The van der Waals surface area contributed by atoms with Crippen molar-refractivity contribution in [2.75, 3.05) is 21.3 Å². The SMILES string of the molecule is COC(=O)/C=C/C=C(/C)C(=O)N(C)OC. The van der Waals surface area contributed by atoms with Gasteiger partial charge in [0, 0.05) is 18.7 Å². The minimum absolute atomic E-state index is 0.271. The van der Waals surface area contributed by atoms with Crippen molar-refractivity contribution in [1.29, 1.82) is 0 Å². The van der Waals surface area contributed by atoms with Crippen molar-refractivity contribution in [2.45, 2.75) is 6.92 Å². The number of methoxy groups -OCH3 is 1. The average Bonchev–Trinajstić information content (AvgIpc) is 2.26. The van der Waals surface area contributed by atoms with Crippen molar-refractivity contribution >= 4 is 11.9 Å². The van der Waals surface area contributed by atoms with Crippen LogP contribution in [0.4, 0.5) is 0 Å². The van der Waals surface area contributed by atoms with E-state index >= 15 is 0 Å². The van der Waals surface area contributed by atoms with Crippen molar-refractivity contribution < 1.29 is 19.2 Å². The number of likely N-dealkylation sites (N-methyl/N-ethyl adjacent to an activating group) is 1. The largest absolute Gasteiger partial charge is 0.466 e. The molecular weight excluding hydrogens is 198 g/mol. The van der Waals surface area contributed by atoms with E-state index in [0.29, 0.717) is 5.57 Å². The molecule has 0 atom stereocenters. The van der Waals surface area contributed by atoms with Crippen LogP contribution in [0, 0.1) is 0 Å². The second kappa shape index (κ2) is 6.78. The van der Waals surface area contributed by atoms with Crippen molar-refractivity contribution in [1.82, 2.24) is 5.06 Å². The van der Waals surface area contributed by atoms with E-state index in [9.17, 15) is 9.59 Å². The number of allylic oxidation sites excluding steroid dienone is 2. The Bertz CT molecular complexity index is 294. The predicted molar refractivity (Wildman–Crippen MR) is 54.7 cm³/mol. The first kappa shape index (κ1) is 13.4. The summed E-state index contributed by atoms with van der Waals surface area (Å²) in [6, 6.07) is 0. The van der Waals surface area contributed by atoms with E-state index in [2.05, 4.69) is 4.74 Å². The third kappa shape index (κ3) is 4.97. The van der Waals surface area contributed by atoms with Crippen LogP contribution < -0.4 is 0 Å². The minimum Gasteiger partial charge on any atom is -0.466 e. The Balaban J connectivity index is 4.38. The summed E-state index contributed by atoms with van der Waals surface area (Å²) in [4.78, 5) is 26.8. The number of nitrogens with zero attached hydrogens (tertiary/aromatic N) is 1. The fourth-order valence-electron chi connectivity index (χ4n) is 0.742. The fourth-order valence-corrected chi connectivity index (χ4v) is 0.742. The van der Waals surface area contributed by atoms with Crippen LogP contribution in [0.25, 0.3) is 0 Å². The molecule has 0 aromatic carbocycles. The second-order valence-corrected chi connectivity index (χ2v) is 2.72. The van der Waals surface area contributed by atoms with Crippen LogP contribution >= 0.6 is 0 Å². The second-order valence-electron chi connectivity index (χ2n) is 2.72. The van der Waals surface area contributed by atoms with Crippen molar-refractivity contribution in [3.8, 4) is 0 Å². The van der Waals surface area contributed by atoms with Gasteiger partial charge in [-0.3, -0.25) is 9.63 Å². The first-order chi connectivity index (χ1) is 7.02. The smallest absolute Gasteiger partial charge is 0.330 e. The third-order valence-electron chi connectivity index (χ3n) is 1.68. The van der Waals surface area contributed by atoms with Gasteiger partial charge in [0.2, 0.25) is 0 Å².